The second kappa shape index (κ2) is 6.38. The van der Waals surface area contributed by atoms with Gasteiger partial charge in [0.15, 0.2) is 15.7 Å². The number of rotatable bonds is 5. The first-order valence-electron chi connectivity index (χ1n) is 5.88. The highest BCUT2D eigenvalue weighted by Gasteiger charge is 2.21. The van der Waals surface area contributed by atoms with Crippen LogP contribution >= 0.6 is 0 Å². The molecule has 0 aliphatic carbocycles. The smallest absolute Gasteiger partial charge is 0.235 e. The van der Waals surface area contributed by atoms with Crippen molar-refractivity contribution in [3.63, 3.8) is 0 Å². The largest absolute Gasteiger partial charge is 0.409 e. The van der Waals surface area contributed by atoms with Crippen LogP contribution in [-0.4, -0.2) is 31.6 Å². The third kappa shape index (κ3) is 3.95. The molecular weight excluding hydrogens is 282 g/mol. The van der Waals surface area contributed by atoms with Crippen molar-refractivity contribution in [2.24, 2.45) is 16.8 Å². The summed E-state index contributed by atoms with van der Waals surface area (Å²) >= 11 is 0. The number of nitrogens with two attached hydrogens (primary N) is 1. The Balaban J connectivity index is 2.86. The third-order valence-corrected chi connectivity index (χ3v) is 3.88. The van der Waals surface area contributed by atoms with Crippen molar-refractivity contribution in [1.82, 2.24) is 0 Å². The SMILES string of the molecule is CCC(C(=O)Nc1ccc(S(C)(=O)=O)cc1)C(N)=NO. The summed E-state index contributed by atoms with van der Waals surface area (Å²) in [6, 6.07) is 5.76. The van der Waals surface area contributed by atoms with Crippen LogP contribution in [0.3, 0.4) is 0 Å². The highest BCUT2D eigenvalue weighted by atomic mass is 32.2. The summed E-state index contributed by atoms with van der Waals surface area (Å²) in [5, 5.41) is 14.0. The third-order valence-electron chi connectivity index (χ3n) is 2.75. The van der Waals surface area contributed by atoms with Gasteiger partial charge in [0.2, 0.25) is 5.91 Å². The van der Waals surface area contributed by atoms with E-state index in [-0.39, 0.29) is 10.7 Å². The highest BCUT2D eigenvalue weighted by Crippen LogP contribution is 2.15. The van der Waals surface area contributed by atoms with Crippen LogP contribution in [-0.2, 0) is 14.6 Å². The van der Waals surface area contributed by atoms with Crippen LogP contribution in [0.5, 0.6) is 0 Å². The number of carbonyl (C=O) groups excluding carboxylic acids is 1. The van der Waals surface area contributed by atoms with Crippen molar-refractivity contribution in [2.75, 3.05) is 11.6 Å². The number of hydrogen-bond acceptors (Lipinski definition) is 5. The molecule has 1 amide bonds. The molecule has 4 N–H and O–H groups in total. The lowest BCUT2D eigenvalue weighted by Gasteiger charge is -2.13. The van der Waals surface area contributed by atoms with Crippen LogP contribution < -0.4 is 11.1 Å². The number of carbonyl (C=O) groups is 1. The van der Waals surface area contributed by atoms with E-state index in [1.165, 1.54) is 24.3 Å². The Morgan fingerprint density at radius 3 is 2.35 bits per heavy atom. The van der Waals surface area contributed by atoms with E-state index in [4.69, 9.17) is 10.9 Å². The molecule has 0 bridgehead atoms. The van der Waals surface area contributed by atoms with Crippen LogP contribution in [0, 0.1) is 5.92 Å². The molecule has 0 spiro atoms. The normalized spacial score (nSPS) is 13.8. The quantitative estimate of drug-likeness (QED) is 0.321. The molecule has 1 rings (SSSR count). The molecule has 0 aliphatic rings. The second-order valence-electron chi connectivity index (χ2n) is 4.27. The van der Waals surface area contributed by atoms with E-state index in [2.05, 4.69) is 10.5 Å². The number of nitrogens with zero attached hydrogens (tertiary/aromatic N) is 1. The predicted molar refractivity (Wildman–Crippen MR) is 75.4 cm³/mol. The van der Waals surface area contributed by atoms with Crippen molar-refractivity contribution in [3.05, 3.63) is 24.3 Å². The summed E-state index contributed by atoms with van der Waals surface area (Å²) in [7, 11) is -3.27. The van der Waals surface area contributed by atoms with Gasteiger partial charge in [-0.1, -0.05) is 12.1 Å². The lowest BCUT2D eigenvalue weighted by molar-refractivity contribution is -0.118. The van der Waals surface area contributed by atoms with Crippen molar-refractivity contribution < 1.29 is 18.4 Å². The van der Waals surface area contributed by atoms with Crippen molar-refractivity contribution in [1.29, 1.82) is 0 Å². The number of anilines is 1. The number of sulfone groups is 1. The Kier molecular flexibility index (Phi) is 5.09. The number of hydrogen-bond donors (Lipinski definition) is 3. The van der Waals surface area contributed by atoms with E-state index in [9.17, 15) is 13.2 Å². The number of nitrogens with one attached hydrogen (secondary N) is 1. The topological polar surface area (TPSA) is 122 Å². The molecule has 20 heavy (non-hydrogen) atoms. The minimum absolute atomic E-state index is 0.166. The van der Waals surface area contributed by atoms with Gasteiger partial charge in [0.05, 0.1) is 10.8 Å². The monoisotopic (exact) mass is 299 g/mol. The second-order valence-corrected chi connectivity index (χ2v) is 6.29. The molecule has 1 atom stereocenters. The minimum Gasteiger partial charge on any atom is -0.409 e. The molecule has 0 aromatic heterocycles. The highest BCUT2D eigenvalue weighted by molar-refractivity contribution is 7.90. The van der Waals surface area contributed by atoms with Gasteiger partial charge in [0, 0.05) is 11.9 Å². The maximum absolute atomic E-state index is 11.9. The first-order valence-corrected chi connectivity index (χ1v) is 7.77. The van der Waals surface area contributed by atoms with Gasteiger partial charge in [0.1, 0.15) is 0 Å². The van der Waals surface area contributed by atoms with Crippen molar-refractivity contribution in [2.45, 2.75) is 18.2 Å². The number of amidine groups is 1. The van der Waals surface area contributed by atoms with E-state index >= 15 is 0 Å². The zero-order valence-electron chi connectivity index (χ0n) is 11.2. The van der Waals surface area contributed by atoms with Gasteiger partial charge in [-0.3, -0.25) is 4.79 Å². The Morgan fingerprint density at radius 1 is 1.40 bits per heavy atom. The van der Waals surface area contributed by atoms with Crippen LogP contribution in [0.1, 0.15) is 13.3 Å². The summed E-state index contributed by atoms with van der Waals surface area (Å²) in [6.07, 6.45) is 1.48. The summed E-state index contributed by atoms with van der Waals surface area (Å²) < 4.78 is 22.6. The molecule has 0 fully saturated rings. The standard InChI is InChI=1S/C12H17N3O4S/c1-3-10(11(13)15-17)12(16)14-8-4-6-9(7-5-8)20(2,18)19/h4-7,10,17H,3H2,1-2H3,(H2,13,15)(H,14,16). The molecule has 1 aromatic carbocycles. The predicted octanol–water partition coefficient (Wildman–Crippen LogP) is 0.801. The first kappa shape index (κ1) is 16.0. The molecule has 0 aliphatic heterocycles. The van der Waals surface area contributed by atoms with Gasteiger partial charge in [-0.25, -0.2) is 8.42 Å². The van der Waals surface area contributed by atoms with Crippen LogP contribution in [0.25, 0.3) is 0 Å². The lowest BCUT2D eigenvalue weighted by atomic mass is 10.0. The van der Waals surface area contributed by atoms with Crippen LogP contribution in [0.15, 0.2) is 34.3 Å². The van der Waals surface area contributed by atoms with Gasteiger partial charge in [-0.05, 0) is 30.7 Å². The Morgan fingerprint density at radius 2 is 1.95 bits per heavy atom. The van der Waals surface area contributed by atoms with Gasteiger partial charge < -0.3 is 16.3 Å². The van der Waals surface area contributed by atoms with Crippen molar-refractivity contribution >= 4 is 27.3 Å². The fraction of sp³-hybridized carbons (Fsp3) is 0.333. The van der Waals surface area contributed by atoms with E-state index in [1.54, 1.807) is 6.92 Å². The number of oxime groups is 1. The Labute approximate surface area is 117 Å². The molecule has 1 aromatic rings. The van der Waals surface area contributed by atoms with Gasteiger partial charge in [-0.2, -0.15) is 0 Å². The average molecular weight is 299 g/mol. The average Bonchev–Trinajstić information content (AvgIpc) is 2.38. The molecule has 0 saturated heterocycles. The molecule has 110 valence electrons. The van der Waals surface area contributed by atoms with Crippen LogP contribution in [0.4, 0.5) is 5.69 Å². The van der Waals surface area contributed by atoms with Gasteiger partial charge in [0.25, 0.3) is 0 Å². The minimum atomic E-state index is -3.27. The maximum atomic E-state index is 11.9. The van der Waals surface area contributed by atoms with E-state index in [1.807, 2.05) is 0 Å². The van der Waals surface area contributed by atoms with E-state index in [0.29, 0.717) is 12.1 Å². The fourth-order valence-corrected chi connectivity index (χ4v) is 2.24. The van der Waals surface area contributed by atoms with E-state index < -0.39 is 21.7 Å². The molecule has 7 nitrogen and oxygen atoms in total. The van der Waals surface area contributed by atoms with Crippen molar-refractivity contribution in [3.8, 4) is 0 Å². The molecule has 8 heteroatoms. The maximum Gasteiger partial charge on any atom is 0.235 e. The van der Waals surface area contributed by atoms with Gasteiger partial charge in [-0.15, -0.1) is 0 Å². The molecule has 0 radical (unpaired) electrons. The Bertz CT molecular complexity index is 608. The number of benzene rings is 1. The molecule has 1 unspecified atom stereocenters. The molecular formula is C12H17N3O4S. The summed E-state index contributed by atoms with van der Waals surface area (Å²) in [6.45, 7) is 1.73. The first-order chi connectivity index (χ1) is 9.29. The zero-order valence-corrected chi connectivity index (χ0v) is 12.0. The lowest BCUT2D eigenvalue weighted by Crippen LogP contribution is -2.34. The number of amides is 1. The zero-order chi connectivity index (χ0) is 15.3. The molecule has 0 saturated carbocycles. The molecule has 0 heterocycles. The summed E-state index contributed by atoms with van der Waals surface area (Å²) in [5.74, 6) is -1.33. The summed E-state index contributed by atoms with van der Waals surface area (Å²) in [5.41, 5.74) is 5.86. The van der Waals surface area contributed by atoms with Gasteiger partial charge >= 0.3 is 0 Å². The van der Waals surface area contributed by atoms with Crippen LogP contribution in [0.2, 0.25) is 0 Å². The summed E-state index contributed by atoms with van der Waals surface area (Å²) in [4.78, 5) is 12.1. The Hall–Kier alpha value is -2.09. The van der Waals surface area contributed by atoms with E-state index in [0.717, 1.165) is 6.26 Å². The fourth-order valence-electron chi connectivity index (χ4n) is 1.61.